The molecule has 2 rings (SSSR count). The summed E-state index contributed by atoms with van der Waals surface area (Å²) in [6.45, 7) is 3.49. The van der Waals surface area contributed by atoms with E-state index >= 15 is 0 Å². The van der Waals surface area contributed by atoms with Gasteiger partial charge in [-0.3, -0.25) is 9.69 Å². The van der Waals surface area contributed by atoms with Gasteiger partial charge in [0, 0.05) is 11.4 Å². The third-order valence-electron chi connectivity index (χ3n) is 2.84. The Bertz CT molecular complexity index is 318. The van der Waals surface area contributed by atoms with Crippen LogP contribution in [0.15, 0.2) is 17.5 Å². The molecule has 1 aliphatic heterocycles. The van der Waals surface area contributed by atoms with E-state index in [0.717, 1.165) is 26.1 Å². The number of carbonyl (C=O) groups excluding carboxylic acids is 1. The predicted molar refractivity (Wildman–Crippen MR) is 66.7 cm³/mol. The highest BCUT2D eigenvalue weighted by molar-refractivity contribution is 7.09. The van der Waals surface area contributed by atoms with E-state index in [4.69, 9.17) is 0 Å². The largest absolute Gasteiger partial charge is 0.355 e. The van der Waals surface area contributed by atoms with Crippen molar-refractivity contribution in [3.63, 3.8) is 0 Å². The normalized spacial score (nSPS) is 16.5. The van der Waals surface area contributed by atoms with Gasteiger partial charge in [-0.1, -0.05) is 6.07 Å². The fourth-order valence-corrected chi connectivity index (χ4v) is 2.69. The first-order chi connectivity index (χ1) is 7.84. The SMILES string of the molecule is O=C(CN1CCCC1)NCCc1cccs1. The number of rotatable bonds is 5. The van der Waals surface area contributed by atoms with E-state index in [1.807, 2.05) is 6.07 Å². The molecule has 0 aliphatic carbocycles. The molecule has 4 heteroatoms. The number of likely N-dealkylation sites (tertiary alicyclic amines) is 1. The van der Waals surface area contributed by atoms with Gasteiger partial charge in [0.15, 0.2) is 0 Å². The Hall–Kier alpha value is -0.870. The molecule has 3 nitrogen and oxygen atoms in total. The third-order valence-corrected chi connectivity index (χ3v) is 3.78. The van der Waals surface area contributed by atoms with Gasteiger partial charge in [-0.2, -0.15) is 0 Å². The van der Waals surface area contributed by atoms with E-state index in [0.29, 0.717) is 6.54 Å². The minimum Gasteiger partial charge on any atom is -0.355 e. The first-order valence-corrected chi connectivity index (χ1v) is 6.74. The Morgan fingerprint density at radius 1 is 1.44 bits per heavy atom. The molecule has 1 aliphatic rings. The van der Waals surface area contributed by atoms with Gasteiger partial charge in [0.25, 0.3) is 0 Å². The second-order valence-electron chi connectivity index (χ2n) is 4.16. The zero-order valence-electron chi connectivity index (χ0n) is 9.45. The summed E-state index contributed by atoms with van der Waals surface area (Å²) >= 11 is 1.75. The van der Waals surface area contributed by atoms with Crippen LogP contribution in [-0.4, -0.2) is 37.0 Å². The zero-order chi connectivity index (χ0) is 11.2. The minimum absolute atomic E-state index is 0.165. The molecule has 1 fully saturated rings. The molecule has 1 N–H and O–H groups in total. The maximum Gasteiger partial charge on any atom is 0.234 e. The van der Waals surface area contributed by atoms with Crippen molar-refractivity contribution in [1.29, 1.82) is 0 Å². The average molecular weight is 238 g/mol. The highest BCUT2D eigenvalue weighted by Gasteiger charge is 2.14. The molecule has 0 radical (unpaired) electrons. The highest BCUT2D eigenvalue weighted by atomic mass is 32.1. The van der Waals surface area contributed by atoms with E-state index in [-0.39, 0.29) is 5.91 Å². The Morgan fingerprint density at radius 2 is 2.25 bits per heavy atom. The second kappa shape index (κ2) is 6.01. The van der Waals surface area contributed by atoms with Gasteiger partial charge >= 0.3 is 0 Å². The standard InChI is InChI=1S/C12H18N2OS/c15-12(10-14-7-1-2-8-14)13-6-5-11-4-3-9-16-11/h3-4,9H,1-2,5-8,10H2,(H,13,15). The van der Waals surface area contributed by atoms with Crippen LogP contribution < -0.4 is 5.32 Å². The van der Waals surface area contributed by atoms with Crippen molar-refractivity contribution in [2.24, 2.45) is 0 Å². The number of hydrogen-bond acceptors (Lipinski definition) is 3. The predicted octanol–water partition coefficient (Wildman–Crippen LogP) is 1.50. The number of carbonyl (C=O) groups is 1. The van der Waals surface area contributed by atoms with Crippen molar-refractivity contribution in [3.05, 3.63) is 22.4 Å². The summed E-state index contributed by atoms with van der Waals surface area (Å²) in [5.74, 6) is 0.165. The topological polar surface area (TPSA) is 32.3 Å². The van der Waals surface area contributed by atoms with E-state index < -0.39 is 0 Å². The number of hydrogen-bond donors (Lipinski definition) is 1. The average Bonchev–Trinajstić information content (AvgIpc) is 2.90. The fourth-order valence-electron chi connectivity index (χ4n) is 1.98. The molecule has 0 spiro atoms. The van der Waals surface area contributed by atoms with Gasteiger partial charge in [-0.05, 0) is 43.8 Å². The van der Waals surface area contributed by atoms with Gasteiger partial charge in [0.2, 0.25) is 5.91 Å². The molecule has 0 atom stereocenters. The number of nitrogens with zero attached hydrogens (tertiary/aromatic N) is 1. The lowest BCUT2D eigenvalue weighted by Gasteiger charge is -2.13. The molecule has 0 unspecified atom stereocenters. The molecular formula is C12H18N2OS. The van der Waals surface area contributed by atoms with Crippen LogP contribution in [0.25, 0.3) is 0 Å². The maximum atomic E-state index is 11.6. The zero-order valence-corrected chi connectivity index (χ0v) is 10.3. The molecule has 88 valence electrons. The van der Waals surface area contributed by atoms with E-state index in [2.05, 4.69) is 21.7 Å². The van der Waals surface area contributed by atoms with Crippen LogP contribution in [-0.2, 0) is 11.2 Å². The van der Waals surface area contributed by atoms with Crippen molar-refractivity contribution in [3.8, 4) is 0 Å². The summed E-state index contributed by atoms with van der Waals surface area (Å²) < 4.78 is 0. The lowest BCUT2D eigenvalue weighted by molar-refractivity contribution is -0.121. The Balaban J connectivity index is 1.60. The Labute approximate surface area is 100 Å². The van der Waals surface area contributed by atoms with E-state index in [9.17, 15) is 4.79 Å². The van der Waals surface area contributed by atoms with Crippen LogP contribution >= 0.6 is 11.3 Å². The Morgan fingerprint density at radius 3 is 2.94 bits per heavy atom. The van der Waals surface area contributed by atoms with Crippen molar-refractivity contribution in [2.75, 3.05) is 26.2 Å². The van der Waals surface area contributed by atoms with E-state index in [1.54, 1.807) is 11.3 Å². The first-order valence-electron chi connectivity index (χ1n) is 5.86. The fraction of sp³-hybridized carbons (Fsp3) is 0.583. The van der Waals surface area contributed by atoms with Crippen LogP contribution in [0.2, 0.25) is 0 Å². The first kappa shape index (κ1) is 11.6. The molecular weight excluding hydrogens is 220 g/mol. The van der Waals surface area contributed by atoms with Crippen LogP contribution in [0.3, 0.4) is 0 Å². The summed E-state index contributed by atoms with van der Waals surface area (Å²) in [5.41, 5.74) is 0. The van der Waals surface area contributed by atoms with Gasteiger partial charge < -0.3 is 5.32 Å². The quantitative estimate of drug-likeness (QED) is 0.843. The summed E-state index contributed by atoms with van der Waals surface area (Å²) in [6, 6.07) is 4.16. The highest BCUT2D eigenvalue weighted by Crippen LogP contribution is 2.08. The van der Waals surface area contributed by atoms with Gasteiger partial charge in [0.05, 0.1) is 6.54 Å². The van der Waals surface area contributed by atoms with Gasteiger partial charge in [-0.15, -0.1) is 11.3 Å². The lowest BCUT2D eigenvalue weighted by atomic mass is 10.3. The number of nitrogens with one attached hydrogen (secondary N) is 1. The Kier molecular flexibility index (Phi) is 4.36. The molecule has 16 heavy (non-hydrogen) atoms. The smallest absolute Gasteiger partial charge is 0.234 e. The molecule has 1 amide bonds. The van der Waals surface area contributed by atoms with Crippen LogP contribution in [0, 0.1) is 0 Å². The molecule has 0 bridgehead atoms. The van der Waals surface area contributed by atoms with Crippen molar-refractivity contribution in [1.82, 2.24) is 10.2 Å². The van der Waals surface area contributed by atoms with Gasteiger partial charge in [-0.25, -0.2) is 0 Å². The van der Waals surface area contributed by atoms with Gasteiger partial charge in [0.1, 0.15) is 0 Å². The second-order valence-corrected chi connectivity index (χ2v) is 5.19. The van der Waals surface area contributed by atoms with Crippen molar-refractivity contribution >= 4 is 17.2 Å². The van der Waals surface area contributed by atoms with Crippen LogP contribution in [0.5, 0.6) is 0 Å². The lowest BCUT2D eigenvalue weighted by Crippen LogP contribution is -2.36. The molecule has 1 aromatic heterocycles. The molecule has 2 heterocycles. The summed E-state index contributed by atoms with van der Waals surface area (Å²) in [4.78, 5) is 15.1. The molecule has 1 saturated heterocycles. The molecule has 1 aromatic rings. The van der Waals surface area contributed by atoms with Crippen LogP contribution in [0.4, 0.5) is 0 Å². The minimum atomic E-state index is 0.165. The molecule has 0 aromatic carbocycles. The summed E-state index contributed by atoms with van der Waals surface area (Å²) in [5, 5.41) is 5.04. The summed E-state index contributed by atoms with van der Waals surface area (Å²) in [6.07, 6.45) is 3.42. The third kappa shape index (κ3) is 3.61. The van der Waals surface area contributed by atoms with Crippen molar-refractivity contribution < 1.29 is 4.79 Å². The summed E-state index contributed by atoms with van der Waals surface area (Å²) in [7, 11) is 0. The number of amides is 1. The molecule has 0 saturated carbocycles. The van der Waals surface area contributed by atoms with Crippen LogP contribution in [0.1, 0.15) is 17.7 Å². The monoisotopic (exact) mass is 238 g/mol. The van der Waals surface area contributed by atoms with E-state index in [1.165, 1.54) is 17.7 Å². The van der Waals surface area contributed by atoms with Crippen molar-refractivity contribution in [2.45, 2.75) is 19.3 Å². The number of thiophene rings is 1. The maximum absolute atomic E-state index is 11.6.